The highest BCUT2D eigenvalue weighted by molar-refractivity contribution is 5.77. The minimum absolute atomic E-state index is 0.699. The van der Waals surface area contributed by atoms with E-state index in [2.05, 4.69) is 46.7 Å². The van der Waals surface area contributed by atoms with Gasteiger partial charge in [-0.15, -0.1) is 5.10 Å². The second kappa shape index (κ2) is 6.50. The second-order valence-electron chi connectivity index (χ2n) is 5.66. The zero-order valence-corrected chi connectivity index (χ0v) is 13.2. The van der Waals surface area contributed by atoms with E-state index in [1.54, 1.807) is 0 Å². The van der Waals surface area contributed by atoms with E-state index in [0.29, 0.717) is 6.54 Å². The fourth-order valence-corrected chi connectivity index (χ4v) is 2.85. The molecule has 0 aliphatic carbocycles. The van der Waals surface area contributed by atoms with Crippen LogP contribution in [0.3, 0.4) is 0 Å². The normalized spacial score (nSPS) is 10.7. The van der Waals surface area contributed by atoms with E-state index < -0.39 is 0 Å². The first-order chi connectivity index (χ1) is 11.9. The molecular formula is C21H17N3. The van der Waals surface area contributed by atoms with E-state index in [4.69, 9.17) is 0 Å². The Hall–Kier alpha value is -3.20. The van der Waals surface area contributed by atoms with Gasteiger partial charge in [0.25, 0.3) is 0 Å². The highest BCUT2D eigenvalue weighted by Gasteiger charge is 2.16. The molecule has 0 radical (unpaired) electrons. The van der Waals surface area contributed by atoms with Crippen molar-refractivity contribution in [2.24, 2.45) is 0 Å². The van der Waals surface area contributed by atoms with E-state index in [1.165, 1.54) is 5.56 Å². The maximum atomic E-state index is 4.47. The first-order valence-corrected chi connectivity index (χ1v) is 8.00. The Morgan fingerprint density at radius 3 is 1.79 bits per heavy atom. The Balaban J connectivity index is 1.84. The van der Waals surface area contributed by atoms with Crippen molar-refractivity contribution in [1.82, 2.24) is 15.0 Å². The molecule has 4 rings (SSSR count). The molecule has 0 spiro atoms. The molecule has 0 saturated carbocycles. The number of aromatic nitrogens is 3. The van der Waals surface area contributed by atoms with Crippen LogP contribution < -0.4 is 0 Å². The van der Waals surface area contributed by atoms with Crippen LogP contribution >= 0.6 is 0 Å². The molecule has 24 heavy (non-hydrogen) atoms. The smallest absolute Gasteiger partial charge is 0.121 e. The van der Waals surface area contributed by atoms with Gasteiger partial charge in [0, 0.05) is 11.1 Å². The zero-order valence-electron chi connectivity index (χ0n) is 13.2. The summed E-state index contributed by atoms with van der Waals surface area (Å²) >= 11 is 0. The molecule has 0 bridgehead atoms. The summed E-state index contributed by atoms with van der Waals surface area (Å²) in [5.74, 6) is 0. The molecule has 0 amide bonds. The molecule has 1 aromatic heterocycles. The standard InChI is InChI=1S/C21H17N3/c1-4-10-17(11-5-1)16-24-21(19-14-8-3-9-15-19)20(22-23-24)18-12-6-2-7-13-18/h1-15H,16H2. The molecule has 0 aliphatic rings. The predicted molar refractivity (Wildman–Crippen MR) is 96.4 cm³/mol. The van der Waals surface area contributed by atoms with Gasteiger partial charge in [0.2, 0.25) is 0 Å². The molecule has 0 saturated heterocycles. The van der Waals surface area contributed by atoms with Crippen molar-refractivity contribution in [2.45, 2.75) is 6.54 Å². The Kier molecular flexibility index (Phi) is 3.90. The largest absolute Gasteiger partial charge is 0.240 e. The zero-order chi connectivity index (χ0) is 16.2. The predicted octanol–water partition coefficient (Wildman–Crippen LogP) is 4.66. The Bertz CT molecular complexity index is 913. The van der Waals surface area contributed by atoms with Crippen LogP contribution in [0.15, 0.2) is 91.0 Å². The molecule has 0 fully saturated rings. The van der Waals surface area contributed by atoms with Crippen LogP contribution in [0.5, 0.6) is 0 Å². The summed E-state index contributed by atoms with van der Waals surface area (Å²) in [5.41, 5.74) is 5.37. The third kappa shape index (κ3) is 2.84. The van der Waals surface area contributed by atoms with Gasteiger partial charge in [-0.05, 0) is 5.56 Å². The third-order valence-corrected chi connectivity index (χ3v) is 4.00. The number of hydrogen-bond donors (Lipinski definition) is 0. The van der Waals surface area contributed by atoms with Crippen LogP contribution in [-0.2, 0) is 6.54 Å². The van der Waals surface area contributed by atoms with Crippen LogP contribution in [0.1, 0.15) is 5.56 Å². The molecule has 3 nitrogen and oxygen atoms in total. The molecule has 0 N–H and O–H groups in total. The second-order valence-corrected chi connectivity index (χ2v) is 5.66. The minimum atomic E-state index is 0.699. The molecule has 4 aromatic rings. The number of rotatable bonds is 4. The molecular weight excluding hydrogens is 294 g/mol. The maximum Gasteiger partial charge on any atom is 0.121 e. The highest BCUT2D eigenvalue weighted by Crippen LogP contribution is 2.30. The van der Waals surface area contributed by atoms with E-state index in [1.807, 2.05) is 59.3 Å². The first-order valence-electron chi connectivity index (χ1n) is 8.00. The highest BCUT2D eigenvalue weighted by atomic mass is 15.4. The molecule has 0 aliphatic heterocycles. The first kappa shape index (κ1) is 14.4. The van der Waals surface area contributed by atoms with Crippen LogP contribution in [-0.4, -0.2) is 15.0 Å². The van der Waals surface area contributed by atoms with Gasteiger partial charge in [-0.2, -0.15) is 0 Å². The number of benzene rings is 3. The molecule has 0 atom stereocenters. The summed E-state index contributed by atoms with van der Waals surface area (Å²) < 4.78 is 1.98. The van der Waals surface area contributed by atoms with Crippen molar-refractivity contribution in [3.8, 4) is 22.5 Å². The van der Waals surface area contributed by atoms with Crippen LogP contribution in [0, 0.1) is 0 Å². The average Bonchev–Trinajstić information content (AvgIpc) is 3.07. The van der Waals surface area contributed by atoms with Crippen LogP contribution in [0.25, 0.3) is 22.5 Å². The quantitative estimate of drug-likeness (QED) is 0.549. The molecule has 116 valence electrons. The SMILES string of the molecule is c1ccc(Cn2nnc(-c3ccccc3)c2-c2ccccc2)cc1. The third-order valence-electron chi connectivity index (χ3n) is 4.00. The fourth-order valence-electron chi connectivity index (χ4n) is 2.85. The van der Waals surface area contributed by atoms with Crippen molar-refractivity contribution in [3.63, 3.8) is 0 Å². The molecule has 1 heterocycles. The van der Waals surface area contributed by atoms with Gasteiger partial charge in [0.1, 0.15) is 5.69 Å². The van der Waals surface area contributed by atoms with Crippen molar-refractivity contribution in [2.75, 3.05) is 0 Å². The number of hydrogen-bond acceptors (Lipinski definition) is 2. The van der Waals surface area contributed by atoms with Gasteiger partial charge in [-0.25, -0.2) is 4.68 Å². The summed E-state index contributed by atoms with van der Waals surface area (Å²) in [6.45, 7) is 0.699. The van der Waals surface area contributed by atoms with Gasteiger partial charge in [0.15, 0.2) is 0 Å². The minimum Gasteiger partial charge on any atom is -0.240 e. The molecule has 3 aromatic carbocycles. The molecule has 0 unspecified atom stereocenters. The van der Waals surface area contributed by atoms with Gasteiger partial charge >= 0.3 is 0 Å². The van der Waals surface area contributed by atoms with Gasteiger partial charge in [0.05, 0.1) is 12.2 Å². The van der Waals surface area contributed by atoms with Gasteiger partial charge in [-0.1, -0.05) is 96.2 Å². The van der Waals surface area contributed by atoms with E-state index in [-0.39, 0.29) is 0 Å². The van der Waals surface area contributed by atoms with Crippen LogP contribution in [0.2, 0.25) is 0 Å². The molecule has 3 heteroatoms. The van der Waals surface area contributed by atoms with E-state index in [0.717, 1.165) is 22.5 Å². The fraction of sp³-hybridized carbons (Fsp3) is 0.0476. The van der Waals surface area contributed by atoms with E-state index >= 15 is 0 Å². The van der Waals surface area contributed by atoms with Gasteiger partial charge in [-0.3, -0.25) is 0 Å². The van der Waals surface area contributed by atoms with Crippen molar-refractivity contribution < 1.29 is 0 Å². The Morgan fingerprint density at radius 2 is 1.17 bits per heavy atom. The summed E-state index contributed by atoms with van der Waals surface area (Å²) in [5, 5.41) is 8.90. The summed E-state index contributed by atoms with van der Waals surface area (Å²) in [7, 11) is 0. The van der Waals surface area contributed by atoms with E-state index in [9.17, 15) is 0 Å². The van der Waals surface area contributed by atoms with Gasteiger partial charge < -0.3 is 0 Å². The van der Waals surface area contributed by atoms with Crippen molar-refractivity contribution in [1.29, 1.82) is 0 Å². The average molecular weight is 311 g/mol. The lowest BCUT2D eigenvalue weighted by Gasteiger charge is -2.09. The Morgan fingerprint density at radius 1 is 0.625 bits per heavy atom. The summed E-state index contributed by atoms with van der Waals surface area (Å²) in [6, 6.07) is 30.9. The summed E-state index contributed by atoms with van der Waals surface area (Å²) in [4.78, 5) is 0. The maximum absolute atomic E-state index is 4.47. The lowest BCUT2D eigenvalue weighted by Crippen LogP contribution is -2.04. The van der Waals surface area contributed by atoms with Crippen molar-refractivity contribution in [3.05, 3.63) is 96.6 Å². The van der Waals surface area contributed by atoms with Crippen molar-refractivity contribution >= 4 is 0 Å². The monoisotopic (exact) mass is 311 g/mol. The Labute approximate surface area is 141 Å². The number of nitrogens with zero attached hydrogens (tertiary/aromatic N) is 3. The topological polar surface area (TPSA) is 30.7 Å². The lowest BCUT2D eigenvalue weighted by atomic mass is 10.0. The van der Waals surface area contributed by atoms with Crippen LogP contribution in [0.4, 0.5) is 0 Å². The lowest BCUT2D eigenvalue weighted by molar-refractivity contribution is 0.656. The summed E-state index contributed by atoms with van der Waals surface area (Å²) in [6.07, 6.45) is 0.